The maximum absolute atomic E-state index is 12.6. The van der Waals surface area contributed by atoms with E-state index in [9.17, 15) is 4.79 Å². The quantitative estimate of drug-likeness (QED) is 0.666. The maximum Gasteiger partial charge on any atom is 0.195 e. The number of nitrogen functional groups attached to an aromatic ring is 1. The van der Waals surface area contributed by atoms with Crippen molar-refractivity contribution in [3.63, 3.8) is 0 Å². The molecule has 0 spiro atoms. The average Bonchev–Trinajstić information content (AvgIpc) is 2.47. The molecule has 0 aromatic heterocycles. The summed E-state index contributed by atoms with van der Waals surface area (Å²) in [6.07, 6.45) is 0. The summed E-state index contributed by atoms with van der Waals surface area (Å²) in [6.45, 7) is 6.73. The summed E-state index contributed by atoms with van der Waals surface area (Å²) < 4.78 is 5.63. The van der Waals surface area contributed by atoms with Gasteiger partial charge in [0.15, 0.2) is 5.78 Å². The fraction of sp³-hybridized carbons (Fsp3) is 0.278. The molecule has 0 aliphatic carbocycles. The van der Waals surface area contributed by atoms with Gasteiger partial charge in [-0.2, -0.15) is 0 Å². The minimum absolute atomic E-state index is 0.0574. The van der Waals surface area contributed by atoms with Gasteiger partial charge < -0.3 is 10.5 Å². The molecule has 0 atom stereocenters. The lowest BCUT2D eigenvalue weighted by molar-refractivity contribution is 0.103. The minimum Gasteiger partial charge on any atom is -0.494 e. The molecule has 0 heterocycles. The van der Waals surface area contributed by atoms with E-state index in [1.54, 1.807) is 18.2 Å². The van der Waals surface area contributed by atoms with Gasteiger partial charge in [0, 0.05) is 16.8 Å². The highest BCUT2D eigenvalue weighted by Gasteiger charge is 2.15. The molecule has 0 amide bonds. The van der Waals surface area contributed by atoms with Gasteiger partial charge in [0.05, 0.1) is 6.61 Å². The summed E-state index contributed by atoms with van der Waals surface area (Å²) in [5, 5.41) is 0. The van der Waals surface area contributed by atoms with Gasteiger partial charge in [0.1, 0.15) is 5.75 Å². The van der Waals surface area contributed by atoms with Crippen LogP contribution in [-0.4, -0.2) is 12.4 Å². The molecule has 0 saturated heterocycles. The van der Waals surface area contributed by atoms with Crippen molar-refractivity contribution in [2.75, 3.05) is 12.3 Å². The monoisotopic (exact) mass is 283 g/mol. The number of nitrogens with two attached hydrogens (primary N) is 1. The zero-order valence-electron chi connectivity index (χ0n) is 12.7. The van der Waals surface area contributed by atoms with Gasteiger partial charge in [-0.1, -0.05) is 26.0 Å². The molecule has 21 heavy (non-hydrogen) atoms. The van der Waals surface area contributed by atoms with Crippen molar-refractivity contribution in [3.8, 4) is 5.75 Å². The van der Waals surface area contributed by atoms with Crippen LogP contribution in [-0.2, 0) is 0 Å². The predicted molar refractivity (Wildman–Crippen MR) is 86.0 cm³/mol. The Kier molecular flexibility index (Phi) is 4.63. The lowest BCUT2D eigenvalue weighted by Crippen LogP contribution is -2.07. The first-order chi connectivity index (χ1) is 10.0. The number of para-hydroxylation sites is 1. The molecule has 0 unspecified atom stereocenters. The zero-order valence-corrected chi connectivity index (χ0v) is 12.7. The number of hydrogen-bond acceptors (Lipinski definition) is 3. The lowest BCUT2D eigenvalue weighted by atomic mass is 9.95. The number of carbonyl (C=O) groups excluding carboxylic acids is 1. The second-order valence-corrected chi connectivity index (χ2v) is 5.26. The van der Waals surface area contributed by atoms with Crippen molar-refractivity contribution in [2.45, 2.75) is 26.7 Å². The SMILES string of the molecule is CCOc1ccc(C(=O)c2ccccc2N)cc1C(C)C. The van der Waals surface area contributed by atoms with E-state index >= 15 is 0 Å². The van der Waals surface area contributed by atoms with Crippen LogP contribution in [0.2, 0.25) is 0 Å². The predicted octanol–water partition coefficient (Wildman–Crippen LogP) is 4.02. The molecule has 0 bridgehead atoms. The van der Waals surface area contributed by atoms with E-state index in [1.165, 1.54) is 0 Å². The van der Waals surface area contributed by atoms with E-state index in [-0.39, 0.29) is 11.7 Å². The molecule has 0 aliphatic heterocycles. The normalized spacial score (nSPS) is 10.7. The third-order valence-corrected chi connectivity index (χ3v) is 3.40. The van der Waals surface area contributed by atoms with Crippen molar-refractivity contribution in [2.24, 2.45) is 0 Å². The highest BCUT2D eigenvalue weighted by atomic mass is 16.5. The first-order valence-corrected chi connectivity index (χ1v) is 7.20. The van der Waals surface area contributed by atoms with Gasteiger partial charge in [-0.15, -0.1) is 0 Å². The van der Waals surface area contributed by atoms with Gasteiger partial charge in [-0.3, -0.25) is 4.79 Å². The largest absolute Gasteiger partial charge is 0.494 e. The first kappa shape index (κ1) is 15.1. The summed E-state index contributed by atoms with van der Waals surface area (Å²) >= 11 is 0. The van der Waals surface area contributed by atoms with Crippen molar-refractivity contribution in [1.29, 1.82) is 0 Å². The molecule has 0 fully saturated rings. The standard InChI is InChI=1S/C18H21NO2/c1-4-21-17-10-9-13(11-15(17)12(2)3)18(20)14-7-5-6-8-16(14)19/h5-12H,4,19H2,1-3H3. The molecule has 3 nitrogen and oxygen atoms in total. The molecule has 110 valence electrons. The first-order valence-electron chi connectivity index (χ1n) is 7.20. The van der Waals surface area contributed by atoms with Gasteiger partial charge in [0.25, 0.3) is 0 Å². The molecule has 2 rings (SSSR count). The minimum atomic E-state index is -0.0574. The Bertz CT molecular complexity index is 647. The van der Waals surface area contributed by atoms with Crippen molar-refractivity contribution in [1.82, 2.24) is 0 Å². The Labute approximate surface area is 125 Å². The fourth-order valence-corrected chi connectivity index (χ4v) is 2.29. The summed E-state index contributed by atoms with van der Waals surface area (Å²) in [4.78, 5) is 12.6. The molecule has 0 saturated carbocycles. The van der Waals surface area contributed by atoms with Crippen LogP contribution >= 0.6 is 0 Å². The van der Waals surface area contributed by atoms with E-state index in [1.807, 2.05) is 31.2 Å². The number of hydrogen-bond donors (Lipinski definition) is 1. The third-order valence-electron chi connectivity index (χ3n) is 3.40. The van der Waals surface area contributed by atoms with Crippen LogP contribution in [0.5, 0.6) is 5.75 Å². The van der Waals surface area contributed by atoms with Crippen molar-refractivity contribution >= 4 is 11.5 Å². The van der Waals surface area contributed by atoms with Crippen molar-refractivity contribution in [3.05, 3.63) is 59.2 Å². The molecule has 3 heteroatoms. The van der Waals surface area contributed by atoms with Gasteiger partial charge in [-0.25, -0.2) is 0 Å². The van der Waals surface area contributed by atoms with Crippen LogP contribution in [0.3, 0.4) is 0 Å². The topological polar surface area (TPSA) is 52.3 Å². The van der Waals surface area contributed by atoms with E-state index in [2.05, 4.69) is 13.8 Å². The fourth-order valence-electron chi connectivity index (χ4n) is 2.29. The summed E-state index contributed by atoms with van der Waals surface area (Å²) in [7, 11) is 0. The van der Waals surface area contributed by atoms with E-state index in [0.29, 0.717) is 23.4 Å². The van der Waals surface area contributed by atoms with E-state index in [4.69, 9.17) is 10.5 Å². The molecular weight excluding hydrogens is 262 g/mol. The van der Waals surface area contributed by atoms with Crippen molar-refractivity contribution < 1.29 is 9.53 Å². The highest BCUT2D eigenvalue weighted by Crippen LogP contribution is 2.29. The molecule has 0 aliphatic rings. The number of benzene rings is 2. The Morgan fingerprint density at radius 2 is 1.90 bits per heavy atom. The molecule has 2 N–H and O–H groups in total. The van der Waals surface area contributed by atoms with E-state index < -0.39 is 0 Å². The van der Waals surface area contributed by atoms with Gasteiger partial charge in [0.2, 0.25) is 0 Å². The summed E-state index contributed by atoms with van der Waals surface area (Å²) in [5.74, 6) is 1.07. The Morgan fingerprint density at radius 1 is 1.19 bits per heavy atom. The van der Waals surface area contributed by atoms with Crippen LogP contribution in [0, 0.1) is 0 Å². The third kappa shape index (κ3) is 3.24. The second kappa shape index (κ2) is 6.44. The van der Waals surface area contributed by atoms with Gasteiger partial charge in [-0.05, 0) is 48.7 Å². The summed E-state index contributed by atoms with van der Waals surface area (Å²) in [6, 6.07) is 12.7. The van der Waals surface area contributed by atoms with Gasteiger partial charge >= 0.3 is 0 Å². The van der Waals surface area contributed by atoms with E-state index in [0.717, 1.165) is 11.3 Å². The number of rotatable bonds is 5. The number of ketones is 1. The lowest BCUT2D eigenvalue weighted by Gasteiger charge is -2.14. The Balaban J connectivity index is 2.43. The number of ether oxygens (including phenoxy) is 1. The Hall–Kier alpha value is -2.29. The second-order valence-electron chi connectivity index (χ2n) is 5.26. The van der Waals surface area contributed by atoms with Crippen LogP contribution in [0.25, 0.3) is 0 Å². The highest BCUT2D eigenvalue weighted by molar-refractivity contribution is 6.12. The molecule has 2 aromatic carbocycles. The molecule has 0 radical (unpaired) electrons. The smallest absolute Gasteiger partial charge is 0.195 e. The maximum atomic E-state index is 12.6. The average molecular weight is 283 g/mol. The van der Waals surface area contributed by atoms with Crippen LogP contribution in [0.1, 0.15) is 48.2 Å². The van der Waals surface area contributed by atoms with Crippen LogP contribution < -0.4 is 10.5 Å². The number of carbonyl (C=O) groups is 1. The summed E-state index contributed by atoms with van der Waals surface area (Å²) in [5.41, 5.74) is 8.61. The Morgan fingerprint density at radius 3 is 2.52 bits per heavy atom. The number of anilines is 1. The molecule has 2 aromatic rings. The zero-order chi connectivity index (χ0) is 15.4. The molecular formula is C18H21NO2. The van der Waals surface area contributed by atoms with Crippen LogP contribution in [0.4, 0.5) is 5.69 Å². The van der Waals surface area contributed by atoms with Crippen LogP contribution in [0.15, 0.2) is 42.5 Å².